The van der Waals surface area contributed by atoms with E-state index in [2.05, 4.69) is 20.1 Å². The molecule has 0 aromatic carbocycles. The molecule has 2 aliphatic rings. The standard InChI is InChI=1S/C15H20N4OS/c1-2-13(20-8-1)10-16-7-9-21-15-18-17-14(11-3-4-11)19(15)12-5-6-12/h1-2,8,11-12,16H,3-7,9-10H2. The number of furan rings is 1. The second kappa shape index (κ2) is 5.85. The molecule has 2 heterocycles. The van der Waals surface area contributed by atoms with Gasteiger partial charge >= 0.3 is 0 Å². The van der Waals surface area contributed by atoms with E-state index in [-0.39, 0.29) is 0 Å². The summed E-state index contributed by atoms with van der Waals surface area (Å²) in [6.45, 7) is 1.73. The molecule has 112 valence electrons. The monoisotopic (exact) mass is 304 g/mol. The molecular weight excluding hydrogens is 284 g/mol. The van der Waals surface area contributed by atoms with Crippen LogP contribution >= 0.6 is 11.8 Å². The van der Waals surface area contributed by atoms with Gasteiger partial charge in [0.05, 0.1) is 12.8 Å². The van der Waals surface area contributed by atoms with Crippen LogP contribution in [0.2, 0.25) is 0 Å². The summed E-state index contributed by atoms with van der Waals surface area (Å²) in [4.78, 5) is 0. The molecule has 0 amide bonds. The summed E-state index contributed by atoms with van der Waals surface area (Å²) in [6, 6.07) is 4.59. The highest BCUT2D eigenvalue weighted by atomic mass is 32.2. The van der Waals surface area contributed by atoms with Gasteiger partial charge in [-0.2, -0.15) is 0 Å². The molecule has 4 rings (SSSR count). The quantitative estimate of drug-likeness (QED) is 0.600. The summed E-state index contributed by atoms with van der Waals surface area (Å²) in [6.07, 6.45) is 6.88. The van der Waals surface area contributed by atoms with Crippen LogP contribution in [0, 0.1) is 0 Å². The molecule has 5 nitrogen and oxygen atoms in total. The molecule has 2 fully saturated rings. The molecule has 0 unspecified atom stereocenters. The van der Waals surface area contributed by atoms with Crippen LogP contribution in [0.4, 0.5) is 0 Å². The zero-order valence-electron chi connectivity index (χ0n) is 12.0. The average Bonchev–Trinajstić information content (AvgIpc) is 3.42. The summed E-state index contributed by atoms with van der Waals surface area (Å²) < 4.78 is 7.71. The van der Waals surface area contributed by atoms with E-state index in [0.717, 1.165) is 29.8 Å². The fraction of sp³-hybridized carbons (Fsp3) is 0.600. The Morgan fingerprint density at radius 2 is 2.19 bits per heavy atom. The topological polar surface area (TPSA) is 55.9 Å². The Morgan fingerprint density at radius 1 is 1.29 bits per heavy atom. The second-order valence-corrected chi connectivity index (χ2v) is 6.88. The molecule has 2 saturated carbocycles. The molecule has 0 atom stereocenters. The third-order valence-electron chi connectivity index (χ3n) is 3.93. The van der Waals surface area contributed by atoms with E-state index in [1.807, 2.05) is 23.9 Å². The molecule has 0 radical (unpaired) electrons. The van der Waals surface area contributed by atoms with Crippen molar-refractivity contribution in [2.24, 2.45) is 0 Å². The third-order valence-corrected chi connectivity index (χ3v) is 4.88. The number of rotatable bonds is 8. The summed E-state index contributed by atoms with van der Waals surface area (Å²) >= 11 is 1.81. The lowest BCUT2D eigenvalue weighted by Gasteiger charge is -2.08. The van der Waals surface area contributed by atoms with Gasteiger partial charge in [0.25, 0.3) is 0 Å². The summed E-state index contributed by atoms with van der Waals surface area (Å²) in [5.74, 6) is 3.92. The molecule has 1 N–H and O–H groups in total. The van der Waals surface area contributed by atoms with Crippen LogP contribution in [0.1, 0.15) is 49.2 Å². The fourth-order valence-corrected chi connectivity index (χ4v) is 3.43. The third kappa shape index (κ3) is 3.16. The van der Waals surface area contributed by atoms with Crippen LogP contribution in [0.5, 0.6) is 0 Å². The van der Waals surface area contributed by atoms with Crippen molar-refractivity contribution in [2.75, 3.05) is 12.3 Å². The maximum atomic E-state index is 5.30. The molecule has 0 saturated heterocycles. The molecule has 21 heavy (non-hydrogen) atoms. The van der Waals surface area contributed by atoms with Gasteiger partial charge in [-0.15, -0.1) is 10.2 Å². The van der Waals surface area contributed by atoms with Gasteiger partial charge in [-0.3, -0.25) is 0 Å². The maximum absolute atomic E-state index is 5.30. The molecule has 0 bridgehead atoms. The molecule has 2 aromatic heterocycles. The van der Waals surface area contributed by atoms with Crippen LogP contribution in [-0.2, 0) is 6.54 Å². The summed E-state index contributed by atoms with van der Waals surface area (Å²) in [5.41, 5.74) is 0. The molecule has 0 spiro atoms. The number of aromatic nitrogens is 3. The number of thioether (sulfide) groups is 1. The highest BCUT2D eigenvalue weighted by Gasteiger charge is 2.36. The SMILES string of the molecule is c1coc(CNCCSc2nnc(C3CC3)n2C2CC2)c1. The zero-order valence-corrected chi connectivity index (χ0v) is 12.8. The second-order valence-electron chi connectivity index (χ2n) is 5.82. The van der Waals surface area contributed by atoms with Crippen LogP contribution in [0.15, 0.2) is 28.0 Å². The predicted octanol–water partition coefficient (Wildman–Crippen LogP) is 2.97. The Morgan fingerprint density at radius 3 is 2.90 bits per heavy atom. The number of nitrogens with zero attached hydrogens (tertiary/aromatic N) is 3. The van der Waals surface area contributed by atoms with Crippen LogP contribution in [0.25, 0.3) is 0 Å². The van der Waals surface area contributed by atoms with Crippen molar-refractivity contribution in [3.63, 3.8) is 0 Å². The lowest BCUT2D eigenvalue weighted by molar-refractivity contribution is 0.488. The minimum absolute atomic E-state index is 0.675. The van der Waals surface area contributed by atoms with Gasteiger partial charge in [0.2, 0.25) is 0 Å². The Balaban J connectivity index is 1.28. The van der Waals surface area contributed by atoms with Crippen LogP contribution in [-0.4, -0.2) is 27.1 Å². The number of hydrogen-bond donors (Lipinski definition) is 1. The van der Waals surface area contributed by atoms with Gasteiger partial charge in [0.1, 0.15) is 11.6 Å². The fourth-order valence-electron chi connectivity index (χ4n) is 2.52. The van der Waals surface area contributed by atoms with Crippen LogP contribution in [0.3, 0.4) is 0 Å². The Labute approximate surface area is 128 Å². The smallest absolute Gasteiger partial charge is 0.191 e. The normalized spacial score (nSPS) is 18.3. The minimum Gasteiger partial charge on any atom is -0.468 e. The first-order valence-electron chi connectivity index (χ1n) is 7.72. The van der Waals surface area contributed by atoms with E-state index < -0.39 is 0 Å². The van der Waals surface area contributed by atoms with Crippen molar-refractivity contribution < 1.29 is 4.42 Å². The predicted molar refractivity (Wildman–Crippen MR) is 81.4 cm³/mol. The highest BCUT2D eigenvalue weighted by Crippen LogP contribution is 2.45. The Hall–Kier alpha value is -1.27. The molecular formula is C15H20N4OS. The van der Waals surface area contributed by atoms with Gasteiger partial charge in [-0.1, -0.05) is 11.8 Å². The van der Waals surface area contributed by atoms with Crippen molar-refractivity contribution in [2.45, 2.75) is 49.3 Å². The lowest BCUT2D eigenvalue weighted by Crippen LogP contribution is -2.16. The first-order chi connectivity index (χ1) is 10.4. The van der Waals surface area contributed by atoms with Gasteiger partial charge in [-0.05, 0) is 37.8 Å². The van der Waals surface area contributed by atoms with Gasteiger partial charge < -0.3 is 14.3 Å². The molecule has 0 aliphatic heterocycles. The van der Waals surface area contributed by atoms with E-state index >= 15 is 0 Å². The summed E-state index contributed by atoms with van der Waals surface area (Å²) in [7, 11) is 0. The Kier molecular flexibility index (Phi) is 3.73. The minimum atomic E-state index is 0.675. The first-order valence-corrected chi connectivity index (χ1v) is 8.71. The zero-order chi connectivity index (χ0) is 14.1. The van der Waals surface area contributed by atoms with E-state index in [4.69, 9.17) is 4.42 Å². The maximum Gasteiger partial charge on any atom is 0.191 e. The first kappa shape index (κ1) is 13.4. The van der Waals surface area contributed by atoms with Crippen molar-refractivity contribution >= 4 is 11.8 Å². The van der Waals surface area contributed by atoms with Crippen LogP contribution < -0.4 is 5.32 Å². The molecule has 2 aliphatic carbocycles. The molecule has 6 heteroatoms. The van der Waals surface area contributed by atoms with E-state index in [9.17, 15) is 0 Å². The van der Waals surface area contributed by atoms with Gasteiger partial charge in [-0.25, -0.2) is 0 Å². The van der Waals surface area contributed by atoms with E-state index in [1.54, 1.807) is 6.26 Å². The van der Waals surface area contributed by atoms with Gasteiger partial charge in [0, 0.05) is 24.3 Å². The molecule has 2 aromatic rings. The lowest BCUT2D eigenvalue weighted by atomic mass is 10.4. The van der Waals surface area contributed by atoms with E-state index in [1.165, 1.54) is 31.5 Å². The average molecular weight is 304 g/mol. The largest absolute Gasteiger partial charge is 0.468 e. The van der Waals surface area contributed by atoms with Crippen molar-refractivity contribution in [3.8, 4) is 0 Å². The summed E-state index contributed by atoms with van der Waals surface area (Å²) in [5, 5.41) is 13.4. The van der Waals surface area contributed by atoms with E-state index in [0.29, 0.717) is 12.0 Å². The van der Waals surface area contributed by atoms with Crippen molar-refractivity contribution in [3.05, 3.63) is 30.0 Å². The number of nitrogens with one attached hydrogen (secondary N) is 1. The van der Waals surface area contributed by atoms with Crippen molar-refractivity contribution in [1.82, 2.24) is 20.1 Å². The number of hydrogen-bond acceptors (Lipinski definition) is 5. The highest BCUT2D eigenvalue weighted by molar-refractivity contribution is 7.99. The Bertz CT molecular complexity index is 587. The van der Waals surface area contributed by atoms with Crippen molar-refractivity contribution in [1.29, 1.82) is 0 Å². The van der Waals surface area contributed by atoms with Gasteiger partial charge in [0.15, 0.2) is 5.16 Å².